The molecule has 1 heterocycles. The van der Waals surface area contributed by atoms with Gasteiger partial charge >= 0.3 is 0 Å². The van der Waals surface area contributed by atoms with Gasteiger partial charge in [0.2, 0.25) is 5.91 Å². The number of rotatable bonds is 3. The van der Waals surface area contributed by atoms with Gasteiger partial charge in [-0.25, -0.2) is 0 Å². The van der Waals surface area contributed by atoms with Gasteiger partial charge in [0.05, 0.1) is 0 Å². The van der Waals surface area contributed by atoms with Crippen LogP contribution in [0.2, 0.25) is 0 Å². The molecule has 0 aliphatic carbocycles. The first-order valence-electron chi connectivity index (χ1n) is 4.15. The SMILES string of the molecule is CCC(=O)N(CC)C1OC1C. The molecule has 0 aromatic carbocycles. The normalized spacial score (nSPS) is 28.3. The number of hydrogen-bond donors (Lipinski definition) is 0. The fraction of sp³-hybridized carbons (Fsp3) is 0.875. The summed E-state index contributed by atoms with van der Waals surface area (Å²) in [7, 11) is 0. The third kappa shape index (κ3) is 1.71. The molecule has 0 spiro atoms. The second-order valence-electron chi connectivity index (χ2n) is 2.77. The number of nitrogens with zero attached hydrogens (tertiary/aromatic N) is 1. The largest absolute Gasteiger partial charge is 0.348 e. The smallest absolute Gasteiger partial charge is 0.224 e. The van der Waals surface area contributed by atoms with E-state index in [1.54, 1.807) is 4.90 Å². The minimum atomic E-state index is 0.0625. The lowest BCUT2D eigenvalue weighted by Crippen LogP contribution is -2.33. The van der Waals surface area contributed by atoms with Crippen molar-refractivity contribution in [2.24, 2.45) is 0 Å². The molecule has 1 aliphatic rings. The van der Waals surface area contributed by atoms with Crippen molar-refractivity contribution in [1.82, 2.24) is 4.90 Å². The van der Waals surface area contributed by atoms with Crippen molar-refractivity contribution >= 4 is 5.91 Å². The maximum Gasteiger partial charge on any atom is 0.224 e. The molecule has 3 heteroatoms. The van der Waals surface area contributed by atoms with Crippen LogP contribution in [-0.2, 0) is 9.53 Å². The molecule has 3 nitrogen and oxygen atoms in total. The Kier molecular flexibility index (Phi) is 2.49. The summed E-state index contributed by atoms with van der Waals surface area (Å²) in [6.07, 6.45) is 0.873. The molecule has 1 fully saturated rings. The molecular weight excluding hydrogens is 142 g/mol. The van der Waals surface area contributed by atoms with Crippen LogP contribution in [-0.4, -0.2) is 29.7 Å². The fourth-order valence-electron chi connectivity index (χ4n) is 1.20. The van der Waals surface area contributed by atoms with Crippen LogP contribution in [0.1, 0.15) is 27.2 Å². The average Bonchev–Trinajstić information content (AvgIpc) is 2.68. The van der Waals surface area contributed by atoms with Crippen molar-refractivity contribution in [2.75, 3.05) is 6.54 Å². The van der Waals surface area contributed by atoms with Gasteiger partial charge in [0, 0.05) is 13.0 Å². The van der Waals surface area contributed by atoms with E-state index in [2.05, 4.69) is 0 Å². The molecule has 0 N–H and O–H groups in total. The van der Waals surface area contributed by atoms with Crippen molar-refractivity contribution in [3.63, 3.8) is 0 Å². The van der Waals surface area contributed by atoms with E-state index in [1.807, 2.05) is 20.8 Å². The first-order chi connectivity index (χ1) is 5.20. The minimum absolute atomic E-state index is 0.0625. The number of epoxide rings is 1. The Morgan fingerprint density at radius 2 is 2.09 bits per heavy atom. The average molecular weight is 157 g/mol. The molecule has 1 aliphatic heterocycles. The van der Waals surface area contributed by atoms with Gasteiger partial charge in [0.1, 0.15) is 6.10 Å². The van der Waals surface area contributed by atoms with Crippen LogP contribution >= 0.6 is 0 Å². The highest BCUT2D eigenvalue weighted by Crippen LogP contribution is 2.25. The molecule has 1 rings (SSSR count). The van der Waals surface area contributed by atoms with E-state index in [1.165, 1.54) is 0 Å². The van der Waals surface area contributed by atoms with E-state index < -0.39 is 0 Å². The lowest BCUT2D eigenvalue weighted by molar-refractivity contribution is -0.132. The van der Waals surface area contributed by atoms with Gasteiger partial charge in [-0.05, 0) is 13.8 Å². The summed E-state index contributed by atoms with van der Waals surface area (Å²) in [5.41, 5.74) is 0. The molecule has 0 radical (unpaired) electrons. The zero-order valence-electron chi connectivity index (χ0n) is 7.33. The van der Waals surface area contributed by atoms with Crippen molar-refractivity contribution < 1.29 is 9.53 Å². The summed E-state index contributed by atoms with van der Waals surface area (Å²) in [6.45, 7) is 6.58. The highest BCUT2D eigenvalue weighted by molar-refractivity contribution is 5.76. The highest BCUT2D eigenvalue weighted by Gasteiger charge is 2.40. The zero-order chi connectivity index (χ0) is 8.43. The van der Waals surface area contributed by atoms with Gasteiger partial charge in [-0.3, -0.25) is 4.79 Å². The van der Waals surface area contributed by atoms with Crippen LogP contribution in [0.25, 0.3) is 0 Å². The van der Waals surface area contributed by atoms with Crippen LogP contribution < -0.4 is 0 Å². The molecule has 0 saturated carbocycles. The summed E-state index contributed by atoms with van der Waals surface area (Å²) in [5.74, 6) is 0.182. The predicted molar refractivity (Wildman–Crippen MR) is 42.0 cm³/mol. The van der Waals surface area contributed by atoms with Crippen molar-refractivity contribution in [3.8, 4) is 0 Å². The summed E-state index contributed by atoms with van der Waals surface area (Å²) in [5, 5.41) is 0. The lowest BCUT2D eigenvalue weighted by atomic mass is 10.3. The molecule has 2 atom stereocenters. The Bertz CT molecular complexity index is 158. The van der Waals surface area contributed by atoms with Crippen LogP contribution in [0, 0.1) is 0 Å². The second kappa shape index (κ2) is 3.22. The number of likely N-dealkylation sites (N-methyl/N-ethyl adjacent to an activating group) is 1. The summed E-state index contributed by atoms with van der Waals surface area (Å²) >= 11 is 0. The first kappa shape index (κ1) is 8.53. The molecule has 0 bridgehead atoms. The summed E-state index contributed by atoms with van der Waals surface area (Å²) in [6, 6.07) is 0. The number of hydrogen-bond acceptors (Lipinski definition) is 2. The maximum absolute atomic E-state index is 11.2. The predicted octanol–water partition coefficient (Wildman–Crippen LogP) is 0.990. The third-order valence-corrected chi connectivity index (χ3v) is 1.95. The van der Waals surface area contributed by atoms with Crippen LogP contribution in [0.5, 0.6) is 0 Å². The molecule has 2 unspecified atom stereocenters. The molecule has 0 aromatic rings. The number of ether oxygens (including phenoxy) is 1. The van der Waals surface area contributed by atoms with Gasteiger partial charge in [0.25, 0.3) is 0 Å². The van der Waals surface area contributed by atoms with Gasteiger partial charge < -0.3 is 9.64 Å². The Balaban J connectivity index is 2.43. The van der Waals surface area contributed by atoms with Crippen LogP contribution in [0.15, 0.2) is 0 Å². The maximum atomic E-state index is 11.2. The molecule has 0 aromatic heterocycles. The minimum Gasteiger partial charge on any atom is -0.348 e. The van der Waals surface area contributed by atoms with Gasteiger partial charge in [0.15, 0.2) is 6.23 Å². The van der Waals surface area contributed by atoms with Crippen LogP contribution in [0.3, 0.4) is 0 Å². The molecule has 1 saturated heterocycles. The number of amides is 1. The van der Waals surface area contributed by atoms with Crippen molar-refractivity contribution in [1.29, 1.82) is 0 Å². The Morgan fingerprint density at radius 3 is 2.36 bits per heavy atom. The Labute approximate surface area is 67.3 Å². The summed E-state index contributed by atoms with van der Waals surface area (Å²) in [4.78, 5) is 13.0. The van der Waals surface area contributed by atoms with Crippen molar-refractivity contribution in [2.45, 2.75) is 39.5 Å². The van der Waals surface area contributed by atoms with E-state index >= 15 is 0 Å². The Hall–Kier alpha value is -0.570. The highest BCUT2D eigenvalue weighted by atomic mass is 16.6. The molecule has 1 amide bonds. The molecular formula is C8H15NO2. The quantitative estimate of drug-likeness (QED) is 0.572. The standard InChI is InChI=1S/C8H15NO2/c1-4-7(10)9(5-2)8-6(3)11-8/h6,8H,4-5H2,1-3H3. The van der Waals surface area contributed by atoms with E-state index in [0.717, 1.165) is 6.54 Å². The molecule has 11 heavy (non-hydrogen) atoms. The topological polar surface area (TPSA) is 32.8 Å². The molecule has 64 valence electrons. The second-order valence-corrected chi connectivity index (χ2v) is 2.77. The van der Waals surface area contributed by atoms with E-state index in [4.69, 9.17) is 4.74 Å². The van der Waals surface area contributed by atoms with E-state index in [9.17, 15) is 4.79 Å². The zero-order valence-corrected chi connectivity index (χ0v) is 7.33. The number of carbonyl (C=O) groups excluding carboxylic acids is 1. The van der Waals surface area contributed by atoms with E-state index in [0.29, 0.717) is 6.42 Å². The van der Waals surface area contributed by atoms with Crippen LogP contribution in [0.4, 0.5) is 0 Å². The van der Waals surface area contributed by atoms with Gasteiger partial charge in [-0.1, -0.05) is 6.92 Å². The third-order valence-electron chi connectivity index (χ3n) is 1.95. The first-order valence-corrected chi connectivity index (χ1v) is 4.15. The van der Waals surface area contributed by atoms with Crippen molar-refractivity contribution in [3.05, 3.63) is 0 Å². The number of carbonyl (C=O) groups is 1. The Morgan fingerprint density at radius 1 is 1.55 bits per heavy atom. The van der Waals surface area contributed by atoms with Gasteiger partial charge in [-0.2, -0.15) is 0 Å². The van der Waals surface area contributed by atoms with Gasteiger partial charge in [-0.15, -0.1) is 0 Å². The monoisotopic (exact) mass is 157 g/mol. The summed E-state index contributed by atoms with van der Waals surface area (Å²) < 4.78 is 5.20. The fourth-order valence-corrected chi connectivity index (χ4v) is 1.20. The lowest BCUT2D eigenvalue weighted by Gasteiger charge is -2.17. The van der Waals surface area contributed by atoms with E-state index in [-0.39, 0.29) is 18.2 Å².